The van der Waals surface area contributed by atoms with Crippen molar-refractivity contribution in [2.24, 2.45) is 0 Å². The summed E-state index contributed by atoms with van der Waals surface area (Å²) < 4.78 is 16.6. The smallest absolute Gasteiger partial charge is 0.262 e. The number of methoxy groups -OCH3 is 1. The average molecular weight is 410 g/mol. The van der Waals surface area contributed by atoms with E-state index in [4.69, 9.17) is 25.5 Å². The van der Waals surface area contributed by atoms with Gasteiger partial charge in [0, 0.05) is 22.8 Å². The number of benzene rings is 2. The van der Waals surface area contributed by atoms with Gasteiger partial charge in [-0.25, -0.2) is 4.98 Å². The molecule has 29 heavy (non-hydrogen) atoms. The lowest BCUT2D eigenvalue weighted by Gasteiger charge is -2.12. The normalized spacial score (nSPS) is 10.7. The summed E-state index contributed by atoms with van der Waals surface area (Å²) in [6.45, 7) is -0.163. The zero-order chi connectivity index (χ0) is 20.2. The molecule has 4 rings (SSSR count). The van der Waals surface area contributed by atoms with Crippen LogP contribution in [-0.4, -0.2) is 29.6 Å². The SMILES string of the molecule is COc1ccc(-c2nc3cnccc3o2)cc1NC(=O)COc1ccc(Cl)cc1. The van der Waals surface area contributed by atoms with Crippen molar-refractivity contribution in [1.29, 1.82) is 0 Å². The Morgan fingerprint density at radius 3 is 2.76 bits per heavy atom. The van der Waals surface area contributed by atoms with Gasteiger partial charge in [0.2, 0.25) is 5.89 Å². The minimum absolute atomic E-state index is 0.163. The predicted octanol–water partition coefficient (Wildman–Crippen LogP) is 4.57. The molecular weight excluding hydrogens is 394 g/mol. The van der Waals surface area contributed by atoms with Gasteiger partial charge in [-0.2, -0.15) is 0 Å². The highest BCUT2D eigenvalue weighted by molar-refractivity contribution is 6.30. The van der Waals surface area contributed by atoms with Gasteiger partial charge in [0.05, 0.1) is 19.0 Å². The highest BCUT2D eigenvalue weighted by Gasteiger charge is 2.14. The monoisotopic (exact) mass is 409 g/mol. The lowest BCUT2D eigenvalue weighted by atomic mass is 10.2. The highest BCUT2D eigenvalue weighted by Crippen LogP contribution is 2.31. The molecule has 146 valence electrons. The van der Waals surface area contributed by atoms with E-state index >= 15 is 0 Å². The van der Waals surface area contributed by atoms with E-state index in [1.807, 2.05) is 0 Å². The molecule has 0 aliphatic carbocycles. The van der Waals surface area contributed by atoms with E-state index in [2.05, 4.69) is 15.3 Å². The molecule has 2 heterocycles. The Labute approximate surface area is 171 Å². The van der Waals surface area contributed by atoms with Crippen molar-refractivity contribution in [2.45, 2.75) is 0 Å². The lowest BCUT2D eigenvalue weighted by Crippen LogP contribution is -2.20. The molecule has 1 N–H and O–H groups in total. The van der Waals surface area contributed by atoms with E-state index in [1.165, 1.54) is 7.11 Å². The first-order valence-electron chi connectivity index (χ1n) is 8.69. The molecule has 0 aliphatic rings. The Morgan fingerprint density at radius 1 is 1.17 bits per heavy atom. The lowest BCUT2D eigenvalue weighted by molar-refractivity contribution is -0.118. The number of nitrogens with one attached hydrogen (secondary N) is 1. The highest BCUT2D eigenvalue weighted by atomic mass is 35.5. The van der Waals surface area contributed by atoms with Crippen molar-refractivity contribution in [3.05, 3.63) is 65.9 Å². The predicted molar refractivity (Wildman–Crippen MR) is 109 cm³/mol. The average Bonchev–Trinajstić information content (AvgIpc) is 3.17. The summed E-state index contributed by atoms with van der Waals surface area (Å²) in [4.78, 5) is 20.8. The van der Waals surface area contributed by atoms with Gasteiger partial charge in [-0.1, -0.05) is 11.6 Å². The van der Waals surface area contributed by atoms with Crippen molar-refractivity contribution >= 4 is 34.3 Å². The number of nitrogens with zero attached hydrogens (tertiary/aromatic N) is 2. The molecule has 0 saturated heterocycles. The summed E-state index contributed by atoms with van der Waals surface area (Å²) in [7, 11) is 1.53. The topological polar surface area (TPSA) is 86.5 Å². The zero-order valence-corrected chi connectivity index (χ0v) is 16.1. The van der Waals surface area contributed by atoms with Crippen molar-refractivity contribution < 1.29 is 18.7 Å². The van der Waals surface area contributed by atoms with Crippen LogP contribution in [0, 0.1) is 0 Å². The summed E-state index contributed by atoms with van der Waals surface area (Å²) in [6.07, 6.45) is 3.26. The maximum Gasteiger partial charge on any atom is 0.262 e. The van der Waals surface area contributed by atoms with Crippen LogP contribution in [0.4, 0.5) is 5.69 Å². The molecule has 0 bridgehead atoms. The van der Waals surface area contributed by atoms with Crippen molar-refractivity contribution in [1.82, 2.24) is 9.97 Å². The summed E-state index contributed by atoms with van der Waals surface area (Å²) in [5.74, 6) is 1.14. The number of rotatable bonds is 6. The second kappa shape index (κ2) is 8.20. The quantitative estimate of drug-likeness (QED) is 0.502. The second-order valence-electron chi connectivity index (χ2n) is 6.07. The number of fused-ring (bicyclic) bond motifs is 1. The number of amides is 1. The van der Waals surface area contributed by atoms with Gasteiger partial charge in [-0.15, -0.1) is 0 Å². The van der Waals surface area contributed by atoms with Crippen molar-refractivity contribution in [3.63, 3.8) is 0 Å². The number of ether oxygens (including phenoxy) is 2. The number of oxazole rings is 1. The van der Waals surface area contributed by atoms with Crippen LogP contribution in [0.1, 0.15) is 0 Å². The Hall–Kier alpha value is -3.58. The van der Waals surface area contributed by atoms with Crippen LogP contribution in [0.15, 0.2) is 65.3 Å². The zero-order valence-electron chi connectivity index (χ0n) is 15.4. The molecule has 0 radical (unpaired) electrons. The summed E-state index contributed by atoms with van der Waals surface area (Å²) in [5, 5.41) is 3.39. The van der Waals surface area contributed by atoms with E-state index in [-0.39, 0.29) is 12.5 Å². The number of anilines is 1. The minimum Gasteiger partial charge on any atom is -0.495 e. The molecule has 0 saturated carbocycles. The van der Waals surface area contributed by atoms with Crippen LogP contribution >= 0.6 is 11.6 Å². The summed E-state index contributed by atoms with van der Waals surface area (Å²) in [6, 6.07) is 13.8. The molecule has 0 unspecified atom stereocenters. The molecule has 0 atom stereocenters. The summed E-state index contributed by atoms with van der Waals surface area (Å²) in [5.41, 5.74) is 2.46. The molecule has 2 aromatic heterocycles. The van der Waals surface area contributed by atoms with Gasteiger partial charge < -0.3 is 19.2 Å². The maximum absolute atomic E-state index is 12.3. The molecular formula is C21H16ClN3O4. The van der Waals surface area contributed by atoms with E-state index in [1.54, 1.807) is 60.9 Å². The number of hydrogen-bond acceptors (Lipinski definition) is 6. The van der Waals surface area contributed by atoms with Crippen molar-refractivity contribution in [2.75, 3.05) is 19.0 Å². The van der Waals surface area contributed by atoms with Crippen LogP contribution in [-0.2, 0) is 4.79 Å². The first kappa shape index (κ1) is 18.8. The Bertz CT molecular complexity index is 1130. The van der Waals surface area contributed by atoms with E-state index in [0.29, 0.717) is 44.8 Å². The van der Waals surface area contributed by atoms with Gasteiger partial charge in [0.25, 0.3) is 5.91 Å². The fourth-order valence-corrected chi connectivity index (χ4v) is 2.83. The van der Waals surface area contributed by atoms with E-state index < -0.39 is 0 Å². The Balaban J connectivity index is 1.51. The third-order valence-corrected chi connectivity index (χ3v) is 4.35. The second-order valence-corrected chi connectivity index (χ2v) is 6.50. The molecule has 1 amide bonds. The minimum atomic E-state index is -0.336. The number of pyridine rings is 1. The summed E-state index contributed by atoms with van der Waals surface area (Å²) >= 11 is 5.84. The number of carbonyl (C=O) groups excluding carboxylic acids is 1. The fraction of sp³-hybridized carbons (Fsp3) is 0.0952. The van der Waals surface area contributed by atoms with Gasteiger partial charge in [-0.3, -0.25) is 9.78 Å². The van der Waals surface area contributed by atoms with Crippen LogP contribution in [0.25, 0.3) is 22.6 Å². The van der Waals surface area contributed by atoms with Crippen molar-refractivity contribution in [3.8, 4) is 23.0 Å². The van der Waals surface area contributed by atoms with Gasteiger partial charge in [0.1, 0.15) is 17.0 Å². The first-order chi connectivity index (χ1) is 14.1. The number of aromatic nitrogens is 2. The van der Waals surface area contributed by atoms with Gasteiger partial charge in [-0.05, 0) is 42.5 Å². The molecule has 8 heteroatoms. The van der Waals surface area contributed by atoms with Crippen LogP contribution in [0.3, 0.4) is 0 Å². The van der Waals surface area contributed by atoms with Crippen LogP contribution < -0.4 is 14.8 Å². The molecule has 2 aromatic carbocycles. The third-order valence-electron chi connectivity index (χ3n) is 4.09. The molecule has 7 nitrogen and oxygen atoms in total. The molecule has 0 fully saturated rings. The van der Waals surface area contributed by atoms with Crippen LogP contribution in [0.2, 0.25) is 5.02 Å². The maximum atomic E-state index is 12.3. The van der Waals surface area contributed by atoms with Gasteiger partial charge >= 0.3 is 0 Å². The third kappa shape index (κ3) is 4.30. The van der Waals surface area contributed by atoms with Crippen LogP contribution in [0.5, 0.6) is 11.5 Å². The standard InChI is InChI=1S/C21H16ClN3O4/c1-27-18-7-2-13(21-25-17-11-23-9-8-19(17)29-21)10-16(18)24-20(26)12-28-15-5-3-14(22)4-6-15/h2-11H,12H2,1H3,(H,24,26). The number of hydrogen-bond donors (Lipinski definition) is 1. The molecule has 0 aliphatic heterocycles. The Morgan fingerprint density at radius 2 is 2.00 bits per heavy atom. The van der Waals surface area contributed by atoms with E-state index in [9.17, 15) is 4.79 Å². The largest absolute Gasteiger partial charge is 0.495 e. The fourth-order valence-electron chi connectivity index (χ4n) is 2.71. The number of halogens is 1. The molecule has 0 spiro atoms. The number of carbonyl (C=O) groups is 1. The molecule has 4 aromatic rings. The first-order valence-corrected chi connectivity index (χ1v) is 9.07. The van der Waals surface area contributed by atoms with Gasteiger partial charge in [0.15, 0.2) is 12.2 Å². The Kier molecular flexibility index (Phi) is 5.31. The van der Waals surface area contributed by atoms with E-state index in [0.717, 1.165) is 0 Å².